The van der Waals surface area contributed by atoms with Crippen molar-refractivity contribution in [1.82, 2.24) is 15.3 Å². The highest BCUT2D eigenvalue weighted by Crippen LogP contribution is 2.46. The summed E-state index contributed by atoms with van der Waals surface area (Å²) in [6.45, 7) is 2.53. The SMILES string of the molecule is CCCC(=O)c1nc[nH]c1C(=O)NC1CCC2(CC1)CCN(c1ccc(F)cc1)C2=O. The van der Waals surface area contributed by atoms with E-state index < -0.39 is 5.41 Å². The van der Waals surface area contributed by atoms with Gasteiger partial charge in [0.05, 0.1) is 11.7 Å². The summed E-state index contributed by atoms with van der Waals surface area (Å²) in [5, 5.41) is 3.00. The van der Waals surface area contributed by atoms with Crippen molar-refractivity contribution in [3.63, 3.8) is 0 Å². The van der Waals surface area contributed by atoms with Crippen LogP contribution in [0.3, 0.4) is 0 Å². The van der Waals surface area contributed by atoms with Gasteiger partial charge in [-0.2, -0.15) is 0 Å². The number of benzene rings is 1. The Morgan fingerprint density at radius 3 is 2.61 bits per heavy atom. The van der Waals surface area contributed by atoms with Crippen LogP contribution in [-0.2, 0) is 4.79 Å². The number of halogens is 1. The number of carbonyl (C=O) groups excluding carboxylic acids is 3. The van der Waals surface area contributed by atoms with E-state index in [-0.39, 0.29) is 40.8 Å². The molecule has 31 heavy (non-hydrogen) atoms. The maximum absolute atomic E-state index is 13.2. The van der Waals surface area contributed by atoms with Crippen molar-refractivity contribution in [3.8, 4) is 0 Å². The summed E-state index contributed by atoms with van der Waals surface area (Å²) < 4.78 is 13.2. The topological polar surface area (TPSA) is 95.2 Å². The van der Waals surface area contributed by atoms with E-state index in [4.69, 9.17) is 0 Å². The van der Waals surface area contributed by atoms with E-state index in [1.165, 1.54) is 18.5 Å². The zero-order chi connectivity index (χ0) is 22.0. The molecule has 1 saturated carbocycles. The number of imidazole rings is 1. The number of aromatic nitrogens is 2. The molecule has 0 unspecified atom stereocenters. The minimum Gasteiger partial charge on any atom is -0.348 e. The van der Waals surface area contributed by atoms with Gasteiger partial charge in [0.25, 0.3) is 5.91 Å². The summed E-state index contributed by atoms with van der Waals surface area (Å²) in [6.07, 6.45) is 5.96. The largest absolute Gasteiger partial charge is 0.348 e. The molecule has 1 aromatic heterocycles. The first-order valence-corrected chi connectivity index (χ1v) is 10.9. The van der Waals surface area contributed by atoms with Gasteiger partial charge in [-0.25, -0.2) is 9.37 Å². The molecule has 0 radical (unpaired) electrons. The maximum Gasteiger partial charge on any atom is 0.270 e. The van der Waals surface area contributed by atoms with E-state index in [0.717, 1.165) is 12.1 Å². The fourth-order valence-corrected chi connectivity index (χ4v) is 4.75. The van der Waals surface area contributed by atoms with Gasteiger partial charge in [-0.3, -0.25) is 14.4 Å². The summed E-state index contributed by atoms with van der Waals surface area (Å²) in [4.78, 5) is 46.6. The normalized spacial score (nSPS) is 23.4. The molecule has 1 spiro atoms. The van der Waals surface area contributed by atoms with Crippen LogP contribution in [0, 0.1) is 11.2 Å². The minimum atomic E-state index is -0.411. The van der Waals surface area contributed by atoms with Crippen LogP contribution in [0.1, 0.15) is 72.8 Å². The van der Waals surface area contributed by atoms with Crippen molar-refractivity contribution in [3.05, 3.63) is 47.8 Å². The van der Waals surface area contributed by atoms with Crippen LogP contribution >= 0.6 is 0 Å². The summed E-state index contributed by atoms with van der Waals surface area (Å²) in [5.74, 6) is -0.708. The van der Waals surface area contributed by atoms with Gasteiger partial charge >= 0.3 is 0 Å². The van der Waals surface area contributed by atoms with Crippen molar-refractivity contribution in [2.24, 2.45) is 5.41 Å². The molecule has 0 bridgehead atoms. The third-order valence-electron chi connectivity index (χ3n) is 6.54. The van der Waals surface area contributed by atoms with Gasteiger partial charge in [-0.1, -0.05) is 6.92 Å². The van der Waals surface area contributed by atoms with E-state index in [0.29, 0.717) is 45.1 Å². The summed E-state index contributed by atoms with van der Waals surface area (Å²) in [7, 11) is 0. The molecule has 1 aromatic carbocycles. The van der Waals surface area contributed by atoms with Crippen LogP contribution in [0.25, 0.3) is 0 Å². The minimum absolute atomic E-state index is 0.0526. The third-order valence-corrected chi connectivity index (χ3v) is 6.54. The molecule has 2 N–H and O–H groups in total. The average Bonchev–Trinajstić information content (AvgIpc) is 3.37. The van der Waals surface area contributed by atoms with Gasteiger partial charge in [-0.15, -0.1) is 0 Å². The lowest BCUT2D eigenvalue weighted by Gasteiger charge is -2.36. The second-order valence-corrected chi connectivity index (χ2v) is 8.51. The van der Waals surface area contributed by atoms with Crippen molar-refractivity contribution < 1.29 is 18.8 Å². The van der Waals surface area contributed by atoms with Crippen LogP contribution in [0.4, 0.5) is 10.1 Å². The lowest BCUT2D eigenvalue weighted by molar-refractivity contribution is -0.127. The number of nitrogens with one attached hydrogen (secondary N) is 2. The number of Topliss-reactive ketones (excluding diaryl/α,β-unsaturated/α-hetero) is 1. The first kappa shape index (κ1) is 21.2. The summed E-state index contributed by atoms with van der Waals surface area (Å²) in [5.41, 5.74) is 0.708. The number of H-pyrrole nitrogens is 1. The molecule has 164 valence electrons. The molecule has 2 aromatic rings. The van der Waals surface area contributed by atoms with Crippen LogP contribution in [0.5, 0.6) is 0 Å². The highest BCUT2D eigenvalue weighted by atomic mass is 19.1. The van der Waals surface area contributed by atoms with E-state index in [2.05, 4.69) is 15.3 Å². The van der Waals surface area contributed by atoms with Crippen molar-refractivity contribution >= 4 is 23.3 Å². The van der Waals surface area contributed by atoms with Gasteiger partial charge < -0.3 is 15.2 Å². The highest BCUT2D eigenvalue weighted by Gasteiger charge is 2.48. The number of hydrogen-bond acceptors (Lipinski definition) is 4. The Labute approximate surface area is 180 Å². The van der Waals surface area contributed by atoms with Gasteiger partial charge in [0.1, 0.15) is 17.2 Å². The fraction of sp³-hybridized carbons (Fsp3) is 0.478. The average molecular weight is 426 g/mol. The van der Waals surface area contributed by atoms with Crippen LogP contribution in [0.15, 0.2) is 30.6 Å². The summed E-state index contributed by atoms with van der Waals surface area (Å²) in [6, 6.07) is 5.97. The van der Waals surface area contributed by atoms with Gasteiger partial charge in [0.15, 0.2) is 5.78 Å². The van der Waals surface area contributed by atoms with Gasteiger partial charge in [0.2, 0.25) is 5.91 Å². The highest BCUT2D eigenvalue weighted by molar-refractivity contribution is 6.05. The quantitative estimate of drug-likeness (QED) is 0.690. The Hall–Kier alpha value is -3.03. The van der Waals surface area contributed by atoms with Crippen LogP contribution in [0.2, 0.25) is 0 Å². The molecule has 2 aliphatic rings. The Kier molecular flexibility index (Phi) is 5.89. The first-order chi connectivity index (χ1) is 14.9. The Morgan fingerprint density at radius 1 is 1.23 bits per heavy atom. The second-order valence-electron chi connectivity index (χ2n) is 8.51. The maximum atomic E-state index is 13.2. The van der Waals surface area contributed by atoms with Crippen LogP contribution in [-0.4, -0.2) is 40.2 Å². The molecular formula is C23H27FN4O3. The Balaban J connectivity index is 1.37. The van der Waals surface area contributed by atoms with E-state index in [1.54, 1.807) is 17.0 Å². The molecule has 2 fully saturated rings. The third kappa shape index (κ3) is 4.11. The van der Waals surface area contributed by atoms with Gasteiger partial charge in [-0.05, 0) is 62.8 Å². The fourth-order valence-electron chi connectivity index (χ4n) is 4.75. The first-order valence-electron chi connectivity index (χ1n) is 10.9. The predicted molar refractivity (Wildman–Crippen MR) is 113 cm³/mol. The predicted octanol–water partition coefficient (Wildman–Crippen LogP) is 3.63. The number of rotatable bonds is 6. The van der Waals surface area contributed by atoms with Crippen molar-refractivity contribution in [2.75, 3.05) is 11.4 Å². The number of ketones is 1. The molecule has 7 nitrogen and oxygen atoms in total. The van der Waals surface area contributed by atoms with Gasteiger partial charge in [0, 0.05) is 24.7 Å². The zero-order valence-corrected chi connectivity index (χ0v) is 17.6. The zero-order valence-electron chi connectivity index (χ0n) is 17.6. The van der Waals surface area contributed by atoms with Crippen molar-refractivity contribution in [1.29, 1.82) is 0 Å². The number of amides is 2. The van der Waals surface area contributed by atoms with Crippen LogP contribution < -0.4 is 10.2 Å². The number of hydrogen-bond donors (Lipinski definition) is 2. The molecule has 0 atom stereocenters. The Bertz CT molecular complexity index is 977. The molecule has 1 aliphatic carbocycles. The summed E-state index contributed by atoms with van der Waals surface area (Å²) >= 11 is 0. The molecule has 2 heterocycles. The van der Waals surface area contributed by atoms with Crippen molar-refractivity contribution in [2.45, 2.75) is 57.9 Å². The number of carbonyl (C=O) groups is 3. The number of anilines is 1. The van der Waals surface area contributed by atoms with E-state index in [1.807, 2.05) is 6.92 Å². The molecular weight excluding hydrogens is 399 g/mol. The molecule has 1 aliphatic heterocycles. The second kappa shape index (κ2) is 8.61. The molecule has 8 heteroatoms. The number of aromatic amines is 1. The molecule has 1 saturated heterocycles. The molecule has 2 amide bonds. The monoisotopic (exact) mass is 426 g/mol. The lowest BCUT2D eigenvalue weighted by Crippen LogP contribution is -2.44. The molecule has 4 rings (SSSR count). The Morgan fingerprint density at radius 2 is 1.94 bits per heavy atom. The lowest BCUT2D eigenvalue weighted by atomic mass is 9.71. The standard InChI is InChI=1S/C23H27FN4O3/c1-2-3-18(29)19-20(26-14-25-19)21(30)27-16-8-10-23(11-9-16)12-13-28(22(23)31)17-6-4-15(24)5-7-17/h4-7,14,16H,2-3,8-13H2,1H3,(H,25,26)(H,27,30). The smallest absolute Gasteiger partial charge is 0.270 e. The van der Waals surface area contributed by atoms with E-state index in [9.17, 15) is 18.8 Å². The number of nitrogens with zero attached hydrogens (tertiary/aromatic N) is 2. The van der Waals surface area contributed by atoms with E-state index >= 15 is 0 Å².